The molecule has 0 heterocycles. The predicted octanol–water partition coefficient (Wildman–Crippen LogP) is 2.69. The molecule has 0 aromatic heterocycles. The van der Waals surface area contributed by atoms with Crippen molar-refractivity contribution in [2.75, 3.05) is 92.4 Å². The normalized spacial score (nSPS) is 19.1. The Kier molecular flexibility index (Phi) is 23.5. The molecule has 2 bridgehead atoms. The molecule has 59 heavy (non-hydrogen) atoms. The van der Waals surface area contributed by atoms with E-state index in [-0.39, 0.29) is 134 Å². The fraction of sp³-hybridized carbons (Fsp3) is 0.762. The molecular formula is C42H66N3O13P. The fourth-order valence-corrected chi connectivity index (χ4v) is 7.70. The van der Waals surface area contributed by atoms with Gasteiger partial charge in [-0.1, -0.05) is 17.8 Å². The molecule has 332 valence electrons. The van der Waals surface area contributed by atoms with Gasteiger partial charge < -0.3 is 53.8 Å². The van der Waals surface area contributed by atoms with E-state index in [2.05, 4.69) is 33.7 Å². The maximum absolute atomic E-state index is 14.2. The number of hydrogen-bond acceptors (Lipinski definition) is 12. The van der Waals surface area contributed by atoms with Gasteiger partial charge in [-0.2, -0.15) is 0 Å². The highest BCUT2D eigenvalue weighted by Crippen LogP contribution is 2.74. The molecule has 0 spiro atoms. The fourth-order valence-electron chi connectivity index (χ4n) is 6.70. The van der Waals surface area contributed by atoms with E-state index in [9.17, 15) is 28.6 Å². The van der Waals surface area contributed by atoms with Crippen LogP contribution in [-0.2, 0) is 56.7 Å². The van der Waals surface area contributed by atoms with E-state index < -0.39 is 29.3 Å². The van der Waals surface area contributed by atoms with Gasteiger partial charge in [0.15, 0.2) is 0 Å². The van der Waals surface area contributed by atoms with Gasteiger partial charge in [-0.05, 0) is 65.7 Å². The van der Waals surface area contributed by atoms with Gasteiger partial charge in [-0.25, -0.2) is 0 Å². The quantitative estimate of drug-likeness (QED) is 0.0412. The Balaban J connectivity index is 2.14. The minimum absolute atomic E-state index is 0.00807. The molecule has 3 fully saturated rings. The molecule has 3 amide bonds. The van der Waals surface area contributed by atoms with E-state index in [0.717, 1.165) is 0 Å². The summed E-state index contributed by atoms with van der Waals surface area (Å²) in [6.45, 7) is 8.69. The minimum atomic E-state index is -3.98. The van der Waals surface area contributed by atoms with Crippen LogP contribution in [0.15, 0.2) is 0 Å². The van der Waals surface area contributed by atoms with Crippen molar-refractivity contribution in [1.29, 1.82) is 0 Å². The van der Waals surface area contributed by atoms with Crippen LogP contribution < -0.4 is 16.0 Å². The second kappa shape index (κ2) is 26.8. The van der Waals surface area contributed by atoms with Crippen LogP contribution in [0.3, 0.4) is 0 Å². The van der Waals surface area contributed by atoms with E-state index >= 15 is 0 Å². The van der Waals surface area contributed by atoms with E-state index in [1.165, 1.54) is 0 Å². The number of carbonyl (C=O) groups excluding carboxylic acids is 4. The molecule has 4 N–H and O–H groups in total. The summed E-state index contributed by atoms with van der Waals surface area (Å²) in [5.41, 5.74) is -2.82. The summed E-state index contributed by atoms with van der Waals surface area (Å²) < 4.78 is 50.8. The summed E-state index contributed by atoms with van der Waals surface area (Å²) in [6.07, 6.45) is 17.5. The third-order valence-corrected chi connectivity index (χ3v) is 12.4. The zero-order valence-corrected chi connectivity index (χ0v) is 36.1. The van der Waals surface area contributed by atoms with Crippen LogP contribution >= 0.6 is 7.60 Å². The summed E-state index contributed by atoms with van der Waals surface area (Å²) in [7, 11) is -3.98. The molecule has 3 rings (SSSR count). The molecule has 0 aromatic rings. The Hall–Kier alpha value is -3.33. The number of carbonyl (C=O) groups is 4. The standard InChI is InChI=1S/C42H66N3O13P/c1-7-20-52-26-29-55-23-10-11-35(46)12-15-41(16-13-36(47)43-18-24-56-30-27-53-21-8-2,17-14-37(48)44-19-25-57-31-28-54-22-9-3)45-38(49)40-32-42(33-40,34-40)58-59(50,51)39(4,5)6/h1-3H,10-34H2,4-6H3,(H,43,47)(H,44,48)(H,45,49)(H,50,51). The molecular weight excluding hydrogens is 785 g/mol. The monoisotopic (exact) mass is 851 g/mol. The van der Waals surface area contributed by atoms with Crippen LogP contribution in [-0.4, -0.2) is 137 Å². The molecule has 0 aliphatic heterocycles. The minimum Gasteiger partial charge on any atom is -0.379 e. The Bertz CT molecular complexity index is 1380. The second-order valence-corrected chi connectivity index (χ2v) is 18.5. The lowest BCUT2D eigenvalue weighted by Crippen LogP contribution is -2.74. The van der Waals surface area contributed by atoms with Gasteiger partial charge in [-0.3, -0.25) is 23.7 Å². The lowest BCUT2D eigenvalue weighted by atomic mass is 9.41. The maximum Gasteiger partial charge on any atom is 0.333 e. The predicted molar refractivity (Wildman–Crippen MR) is 220 cm³/mol. The zero-order valence-electron chi connectivity index (χ0n) is 35.2. The van der Waals surface area contributed by atoms with Gasteiger partial charge >= 0.3 is 7.60 Å². The molecule has 1 unspecified atom stereocenters. The number of amides is 3. The topological polar surface area (TPSA) is 206 Å². The highest BCUT2D eigenvalue weighted by Gasteiger charge is 2.75. The van der Waals surface area contributed by atoms with Gasteiger partial charge in [0.25, 0.3) is 0 Å². The van der Waals surface area contributed by atoms with E-state index in [0.29, 0.717) is 52.7 Å². The van der Waals surface area contributed by atoms with Crippen molar-refractivity contribution in [1.82, 2.24) is 16.0 Å². The van der Waals surface area contributed by atoms with Gasteiger partial charge in [0.1, 0.15) is 25.6 Å². The van der Waals surface area contributed by atoms with Crippen molar-refractivity contribution >= 4 is 31.1 Å². The average Bonchev–Trinajstić information content (AvgIpc) is 3.15. The molecule has 1 atom stereocenters. The summed E-state index contributed by atoms with van der Waals surface area (Å²) in [4.78, 5) is 64.2. The number of terminal acetylenes is 3. The first-order valence-corrected chi connectivity index (χ1v) is 21.8. The van der Waals surface area contributed by atoms with Crippen LogP contribution in [0, 0.1) is 42.4 Å². The van der Waals surface area contributed by atoms with E-state index in [1.807, 2.05) is 0 Å². The van der Waals surface area contributed by atoms with Crippen molar-refractivity contribution in [3.8, 4) is 37.0 Å². The van der Waals surface area contributed by atoms with Crippen LogP contribution in [0.1, 0.15) is 91.4 Å². The highest BCUT2D eigenvalue weighted by atomic mass is 31.2. The number of rotatable bonds is 35. The first kappa shape index (κ1) is 51.8. The van der Waals surface area contributed by atoms with E-state index in [1.54, 1.807) is 20.8 Å². The third-order valence-electron chi connectivity index (χ3n) is 10.1. The molecule has 3 aliphatic carbocycles. The van der Waals surface area contributed by atoms with E-state index in [4.69, 9.17) is 52.2 Å². The van der Waals surface area contributed by atoms with Crippen LogP contribution in [0.25, 0.3) is 0 Å². The summed E-state index contributed by atoms with van der Waals surface area (Å²) in [5.74, 6) is 6.17. The molecule has 0 saturated heterocycles. The van der Waals surface area contributed by atoms with Crippen LogP contribution in [0.2, 0.25) is 0 Å². The van der Waals surface area contributed by atoms with Gasteiger partial charge in [0.2, 0.25) is 17.7 Å². The zero-order chi connectivity index (χ0) is 43.7. The Labute approximate surface area is 350 Å². The second-order valence-electron chi connectivity index (χ2n) is 16.0. The molecule has 0 aromatic carbocycles. The summed E-state index contributed by atoms with van der Waals surface area (Å²) in [5, 5.41) is 7.85. The smallest absolute Gasteiger partial charge is 0.333 e. The highest BCUT2D eigenvalue weighted by molar-refractivity contribution is 7.54. The molecule has 16 nitrogen and oxygen atoms in total. The Morgan fingerprint density at radius 3 is 1.51 bits per heavy atom. The number of Topliss-reactive ketones (excluding diaryl/α,β-unsaturated/α-hetero) is 1. The SMILES string of the molecule is C#CCOCCOCCCC(=O)CCC(CCC(=O)NCCOCCOCC#C)(CCC(=O)NCCOCCOCC#C)NC(=O)C12CC(OP(=O)(O)C(C)(C)C)(C1)C2. The van der Waals surface area contributed by atoms with Gasteiger partial charge in [-0.15, -0.1) is 19.3 Å². The molecule has 17 heteroatoms. The van der Waals surface area contributed by atoms with Crippen molar-refractivity contribution in [3.63, 3.8) is 0 Å². The van der Waals surface area contributed by atoms with Crippen LogP contribution in [0.4, 0.5) is 0 Å². The Morgan fingerprint density at radius 2 is 1.07 bits per heavy atom. The molecule has 3 aliphatic rings. The first-order valence-electron chi connectivity index (χ1n) is 20.3. The van der Waals surface area contributed by atoms with Crippen molar-refractivity contribution < 1.29 is 61.6 Å². The number of nitrogens with one attached hydrogen (secondary N) is 3. The van der Waals surface area contributed by atoms with Gasteiger partial charge in [0, 0.05) is 50.9 Å². The Morgan fingerprint density at radius 1 is 0.644 bits per heavy atom. The van der Waals surface area contributed by atoms with Crippen molar-refractivity contribution in [3.05, 3.63) is 0 Å². The lowest BCUT2D eigenvalue weighted by molar-refractivity contribution is -0.240. The van der Waals surface area contributed by atoms with Gasteiger partial charge in [0.05, 0.1) is 69.0 Å². The summed E-state index contributed by atoms with van der Waals surface area (Å²) >= 11 is 0. The largest absolute Gasteiger partial charge is 0.379 e. The molecule has 3 saturated carbocycles. The first-order chi connectivity index (χ1) is 28.1. The van der Waals surface area contributed by atoms with Crippen LogP contribution in [0.5, 0.6) is 0 Å². The number of ketones is 1. The average molecular weight is 852 g/mol. The number of hydrogen-bond donors (Lipinski definition) is 4. The third kappa shape index (κ3) is 19.3. The lowest BCUT2D eigenvalue weighted by Gasteiger charge is -2.68. The summed E-state index contributed by atoms with van der Waals surface area (Å²) in [6, 6.07) is 0. The number of ether oxygens (including phenoxy) is 6. The van der Waals surface area contributed by atoms with Crippen molar-refractivity contribution in [2.24, 2.45) is 5.41 Å². The van der Waals surface area contributed by atoms with Crippen molar-refractivity contribution in [2.45, 2.75) is 108 Å². The molecule has 0 radical (unpaired) electrons. The maximum atomic E-state index is 14.2.